The van der Waals surface area contributed by atoms with Crippen molar-refractivity contribution in [2.75, 3.05) is 6.61 Å². The normalized spacial score (nSPS) is 27.4. The van der Waals surface area contributed by atoms with Crippen LogP contribution >= 0.6 is 22.6 Å². The number of ether oxygens (including phenoxy) is 1. The van der Waals surface area contributed by atoms with E-state index in [4.69, 9.17) is 10.5 Å². The van der Waals surface area contributed by atoms with Crippen molar-refractivity contribution in [2.24, 2.45) is 11.7 Å². The molecule has 0 bridgehead atoms. The van der Waals surface area contributed by atoms with Gasteiger partial charge in [-0.3, -0.25) is 0 Å². The Labute approximate surface area is 135 Å². The molecule has 2 fully saturated rings. The summed E-state index contributed by atoms with van der Waals surface area (Å²) in [5.41, 5.74) is 8.01. The van der Waals surface area contributed by atoms with E-state index in [9.17, 15) is 0 Å². The van der Waals surface area contributed by atoms with Gasteiger partial charge in [0.25, 0.3) is 0 Å². The lowest BCUT2D eigenvalue weighted by atomic mass is 9.73. The molecule has 2 nitrogen and oxygen atoms in total. The molecule has 1 spiro atoms. The molecule has 0 aromatic heterocycles. The van der Waals surface area contributed by atoms with Crippen LogP contribution in [0.1, 0.15) is 56.6 Å². The first-order chi connectivity index (χ1) is 9.69. The summed E-state index contributed by atoms with van der Waals surface area (Å²) in [6.07, 6.45) is 8.76. The van der Waals surface area contributed by atoms with Gasteiger partial charge < -0.3 is 10.5 Å². The van der Waals surface area contributed by atoms with Gasteiger partial charge in [-0.05, 0) is 71.9 Å². The Kier molecular flexibility index (Phi) is 4.68. The minimum Gasteiger partial charge on any atom is -0.375 e. The van der Waals surface area contributed by atoms with Crippen LogP contribution in [-0.4, -0.2) is 12.2 Å². The van der Waals surface area contributed by atoms with Gasteiger partial charge in [0.15, 0.2) is 0 Å². The van der Waals surface area contributed by atoms with E-state index in [1.807, 2.05) is 0 Å². The molecule has 3 heteroatoms. The molecule has 1 saturated heterocycles. The molecule has 1 aliphatic carbocycles. The van der Waals surface area contributed by atoms with Crippen LogP contribution in [0.25, 0.3) is 0 Å². The minimum absolute atomic E-state index is 0.153. The van der Waals surface area contributed by atoms with Crippen LogP contribution in [0.4, 0.5) is 0 Å². The Morgan fingerprint density at radius 3 is 2.80 bits per heavy atom. The van der Waals surface area contributed by atoms with Crippen molar-refractivity contribution in [3.8, 4) is 0 Å². The second kappa shape index (κ2) is 6.32. The fourth-order valence-corrected chi connectivity index (χ4v) is 4.47. The molecule has 110 valence electrons. The lowest BCUT2D eigenvalue weighted by molar-refractivity contribution is -0.120. The summed E-state index contributed by atoms with van der Waals surface area (Å²) in [7, 11) is 0. The van der Waals surface area contributed by atoms with Crippen molar-refractivity contribution >= 4 is 22.6 Å². The van der Waals surface area contributed by atoms with Crippen LogP contribution in [-0.2, 0) is 4.74 Å². The molecule has 1 heterocycles. The van der Waals surface area contributed by atoms with Crippen molar-refractivity contribution in [3.05, 3.63) is 33.4 Å². The van der Waals surface area contributed by atoms with Crippen LogP contribution in [0.2, 0.25) is 0 Å². The number of hydrogen-bond acceptors (Lipinski definition) is 2. The average molecular weight is 385 g/mol. The summed E-state index contributed by atoms with van der Waals surface area (Å²) >= 11 is 2.37. The number of rotatable bonds is 2. The zero-order valence-electron chi connectivity index (χ0n) is 12.0. The van der Waals surface area contributed by atoms with E-state index in [0.29, 0.717) is 5.92 Å². The predicted molar refractivity (Wildman–Crippen MR) is 90.6 cm³/mol. The molecule has 1 aliphatic heterocycles. The summed E-state index contributed by atoms with van der Waals surface area (Å²) in [4.78, 5) is 0. The maximum atomic E-state index is 6.57. The Hall–Kier alpha value is -0.130. The largest absolute Gasteiger partial charge is 0.375 e. The highest BCUT2D eigenvalue weighted by Gasteiger charge is 2.40. The van der Waals surface area contributed by atoms with Gasteiger partial charge in [-0.1, -0.05) is 31.4 Å². The summed E-state index contributed by atoms with van der Waals surface area (Å²) < 4.78 is 7.46. The standard InChI is InChI=1S/C17H24INO/c18-15-6-4-5-13(11-15)16(19)14-7-10-20-17(12-14)8-2-1-3-9-17/h4-6,11,14,16H,1-3,7-10,12,19H2. The van der Waals surface area contributed by atoms with E-state index in [2.05, 4.69) is 46.9 Å². The molecule has 2 atom stereocenters. The SMILES string of the molecule is NC(c1cccc(I)c1)C1CCOC2(CCCCC2)C1. The quantitative estimate of drug-likeness (QED) is 0.765. The highest BCUT2D eigenvalue weighted by Crippen LogP contribution is 2.43. The second-order valence-corrected chi connectivity index (χ2v) is 7.67. The third-order valence-electron chi connectivity index (χ3n) is 5.04. The third-order valence-corrected chi connectivity index (χ3v) is 5.71. The zero-order valence-corrected chi connectivity index (χ0v) is 14.1. The van der Waals surface area contributed by atoms with Gasteiger partial charge in [-0.2, -0.15) is 0 Å². The Morgan fingerprint density at radius 1 is 1.25 bits per heavy atom. The Bertz CT molecular complexity index is 451. The Morgan fingerprint density at radius 2 is 2.05 bits per heavy atom. The molecule has 20 heavy (non-hydrogen) atoms. The van der Waals surface area contributed by atoms with E-state index < -0.39 is 0 Å². The molecule has 3 rings (SSSR count). The highest BCUT2D eigenvalue weighted by molar-refractivity contribution is 14.1. The smallest absolute Gasteiger partial charge is 0.0685 e. The molecular weight excluding hydrogens is 361 g/mol. The second-order valence-electron chi connectivity index (χ2n) is 6.43. The molecule has 2 aliphatic rings. The average Bonchev–Trinajstić information content (AvgIpc) is 2.47. The zero-order chi connectivity index (χ0) is 14.0. The van der Waals surface area contributed by atoms with E-state index in [0.717, 1.165) is 19.4 Å². The monoisotopic (exact) mass is 385 g/mol. The van der Waals surface area contributed by atoms with Crippen molar-refractivity contribution in [1.29, 1.82) is 0 Å². The fraction of sp³-hybridized carbons (Fsp3) is 0.647. The number of nitrogens with two attached hydrogens (primary N) is 1. The molecule has 1 aromatic carbocycles. The maximum Gasteiger partial charge on any atom is 0.0685 e. The lowest BCUT2D eigenvalue weighted by Gasteiger charge is -2.45. The third kappa shape index (κ3) is 3.20. The molecule has 2 unspecified atom stereocenters. The molecule has 0 radical (unpaired) electrons. The van der Waals surface area contributed by atoms with Crippen molar-refractivity contribution in [3.63, 3.8) is 0 Å². The van der Waals surface area contributed by atoms with Crippen molar-refractivity contribution in [1.82, 2.24) is 0 Å². The van der Waals surface area contributed by atoms with Crippen LogP contribution < -0.4 is 5.73 Å². The van der Waals surface area contributed by atoms with E-state index >= 15 is 0 Å². The van der Waals surface area contributed by atoms with Gasteiger partial charge in [-0.25, -0.2) is 0 Å². The maximum absolute atomic E-state index is 6.57. The van der Waals surface area contributed by atoms with Gasteiger partial charge in [0.2, 0.25) is 0 Å². The molecular formula is C17H24INO. The summed E-state index contributed by atoms with van der Waals surface area (Å²) in [5.74, 6) is 0.569. The summed E-state index contributed by atoms with van der Waals surface area (Å²) in [6, 6.07) is 8.81. The summed E-state index contributed by atoms with van der Waals surface area (Å²) in [5, 5.41) is 0. The van der Waals surface area contributed by atoms with Crippen molar-refractivity contribution in [2.45, 2.75) is 56.6 Å². The number of benzene rings is 1. The molecule has 0 amide bonds. The predicted octanol–water partition coefficient (Wildman–Crippen LogP) is 4.42. The minimum atomic E-state index is 0.153. The fourth-order valence-electron chi connectivity index (χ4n) is 3.90. The van der Waals surface area contributed by atoms with Gasteiger partial charge in [0, 0.05) is 16.2 Å². The van der Waals surface area contributed by atoms with E-state index in [1.165, 1.54) is 41.2 Å². The van der Waals surface area contributed by atoms with Crippen LogP contribution in [0.3, 0.4) is 0 Å². The molecule has 1 aromatic rings. The van der Waals surface area contributed by atoms with Gasteiger partial charge in [0.05, 0.1) is 5.60 Å². The topological polar surface area (TPSA) is 35.2 Å². The molecule has 2 N–H and O–H groups in total. The highest BCUT2D eigenvalue weighted by atomic mass is 127. The van der Waals surface area contributed by atoms with E-state index in [-0.39, 0.29) is 11.6 Å². The van der Waals surface area contributed by atoms with Gasteiger partial charge >= 0.3 is 0 Å². The first-order valence-corrected chi connectivity index (χ1v) is 8.91. The van der Waals surface area contributed by atoms with Crippen molar-refractivity contribution < 1.29 is 4.74 Å². The van der Waals surface area contributed by atoms with Crippen LogP contribution in [0.5, 0.6) is 0 Å². The van der Waals surface area contributed by atoms with Crippen LogP contribution in [0.15, 0.2) is 24.3 Å². The lowest BCUT2D eigenvalue weighted by Crippen LogP contribution is -2.44. The number of halogens is 1. The van der Waals surface area contributed by atoms with Crippen LogP contribution in [0, 0.1) is 9.49 Å². The first kappa shape index (κ1) is 14.8. The van der Waals surface area contributed by atoms with E-state index in [1.54, 1.807) is 0 Å². The molecule has 1 saturated carbocycles. The number of hydrogen-bond donors (Lipinski definition) is 1. The summed E-state index contributed by atoms with van der Waals surface area (Å²) in [6.45, 7) is 0.891. The van der Waals surface area contributed by atoms with Gasteiger partial charge in [-0.15, -0.1) is 0 Å². The first-order valence-electron chi connectivity index (χ1n) is 7.84. The van der Waals surface area contributed by atoms with Gasteiger partial charge in [0.1, 0.15) is 0 Å². The Balaban J connectivity index is 1.73.